The molecule has 9 rings (SSSR count). The first-order valence-electron chi connectivity index (χ1n) is 26.8. The highest BCUT2D eigenvalue weighted by Crippen LogP contribution is 2.34. The number of aryl methyl sites for hydroxylation is 7. The van der Waals surface area contributed by atoms with Crippen LogP contribution in [0.25, 0.3) is 39.2 Å². The van der Waals surface area contributed by atoms with Crippen molar-refractivity contribution in [1.82, 2.24) is 74.9 Å². The molecule has 420 valence electrons. The zero-order chi connectivity index (χ0) is 56.4. The predicted octanol–water partition coefficient (Wildman–Crippen LogP) is 8.26. The van der Waals surface area contributed by atoms with Crippen molar-refractivity contribution in [2.75, 3.05) is 97.3 Å². The van der Waals surface area contributed by atoms with Crippen LogP contribution in [0.5, 0.6) is 5.75 Å². The maximum absolute atomic E-state index is 5.47. The lowest BCUT2D eigenvalue weighted by Crippen LogP contribution is -2.37. The topological polar surface area (TPSA) is 225 Å². The van der Waals surface area contributed by atoms with Crippen molar-refractivity contribution in [2.45, 2.75) is 126 Å². The number of likely N-dealkylation sites (N-methyl/N-ethyl adjacent to an activating group) is 1. The van der Waals surface area contributed by atoms with E-state index >= 15 is 0 Å². The van der Waals surface area contributed by atoms with Crippen LogP contribution in [0.4, 0.5) is 23.1 Å². The Hall–Kier alpha value is -7.08. The molecule has 2 aromatic carbocycles. The van der Waals surface area contributed by atoms with Crippen LogP contribution in [0, 0.1) is 48.5 Å². The van der Waals surface area contributed by atoms with E-state index in [1.54, 1.807) is 33.1 Å². The normalized spacial score (nSPS) is 14.0. The second kappa shape index (κ2) is 26.5. The average molecular weight is 1070 g/mol. The van der Waals surface area contributed by atoms with Gasteiger partial charge >= 0.3 is 0 Å². The van der Waals surface area contributed by atoms with Crippen LogP contribution in [0.15, 0.2) is 30.3 Å². The van der Waals surface area contributed by atoms with Crippen molar-refractivity contribution in [3.05, 3.63) is 70.1 Å². The van der Waals surface area contributed by atoms with Crippen LogP contribution >= 0.6 is 0 Å². The van der Waals surface area contributed by atoms with Crippen LogP contribution in [0.1, 0.15) is 105 Å². The van der Waals surface area contributed by atoms with Crippen molar-refractivity contribution >= 4 is 56.6 Å². The maximum Gasteiger partial charge on any atom is 0.189 e. The van der Waals surface area contributed by atoms with Gasteiger partial charge in [0.15, 0.2) is 50.9 Å². The Labute approximate surface area is 458 Å². The Morgan fingerprint density at radius 3 is 1.59 bits per heavy atom. The highest BCUT2D eigenvalue weighted by atomic mass is 16.5. The second-order valence-electron chi connectivity index (χ2n) is 19.9. The Balaban J connectivity index is 0.000000170. The lowest BCUT2D eigenvalue weighted by Gasteiger charge is -2.32. The molecule has 0 radical (unpaired) electrons. The lowest BCUT2D eigenvalue weighted by atomic mass is 10.0. The Morgan fingerprint density at radius 2 is 1.08 bits per heavy atom. The van der Waals surface area contributed by atoms with Gasteiger partial charge in [-0.15, -0.1) is 15.3 Å². The average Bonchev–Trinajstić information content (AvgIpc) is 4.20. The summed E-state index contributed by atoms with van der Waals surface area (Å²) in [5, 5.41) is 26.3. The second-order valence-corrected chi connectivity index (χ2v) is 19.9. The molecule has 23 nitrogen and oxygen atoms in total. The summed E-state index contributed by atoms with van der Waals surface area (Å²) in [6.45, 7) is 23.8. The smallest absolute Gasteiger partial charge is 0.189 e. The number of anilines is 4. The van der Waals surface area contributed by atoms with E-state index in [1.807, 2.05) is 69.4 Å². The molecule has 0 amide bonds. The largest absolute Gasteiger partial charge is 0.497 e. The molecule has 1 saturated heterocycles. The van der Waals surface area contributed by atoms with Gasteiger partial charge in [0.05, 0.1) is 50.7 Å². The molecule has 0 aliphatic carbocycles. The first-order chi connectivity index (χ1) is 37.5. The summed E-state index contributed by atoms with van der Waals surface area (Å²) in [6.07, 6.45) is 4.71. The summed E-state index contributed by atoms with van der Waals surface area (Å²) >= 11 is 0. The number of rotatable bonds is 19. The van der Waals surface area contributed by atoms with Crippen molar-refractivity contribution in [2.24, 2.45) is 0 Å². The molecular formula is C55H80N18O5. The summed E-state index contributed by atoms with van der Waals surface area (Å²) in [4.78, 5) is 34.2. The number of methoxy groups -OCH3 is 4. The van der Waals surface area contributed by atoms with E-state index in [2.05, 4.69) is 131 Å². The van der Waals surface area contributed by atoms with Gasteiger partial charge in [-0.2, -0.15) is 4.68 Å². The Kier molecular flexibility index (Phi) is 19.9. The molecule has 0 N–H and O–H groups in total. The van der Waals surface area contributed by atoms with Crippen molar-refractivity contribution in [1.29, 1.82) is 0 Å². The molecule has 1 aliphatic rings. The van der Waals surface area contributed by atoms with Gasteiger partial charge in [0.2, 0.25) is 0 Å². The molecule has 6 aromatic heterocycles. The number of hydrogen-bond donors (Lipinski definition) is 0. The fraction of sp³-hybridized carbons (Fsp3) is 0.564. The quantitative estimate of drug-likeness (QED) is 0.0742. The van der Waals surface area contributed by atoms with Gasteiger partial charge in [-0.25, -0.2) is 39.3 Å². The molecule has 8 aromatic rings. The minimum Gasteiger partial charge on any atom is -0.497 e. The highest BCUT2D eigenvalue weighted by molar-refractivity contribution is 5.87. The SMILES string of the molecule is CCC(COC)N(C)c1nc(C)nc2c1nnn2-c1ccc(OC)cc1C.CCC(COC)n1nnc2c(N(C)C3CCOCC3)nc(C)nc21.CCC(COC)n1nnc2c(N(C)c3c(C)cc(C)cc3C)nc(C)nc21. The zero-order valence-corrected chi connectivity index (χ0v) is 48.9. The van der Waals surface area contributed by atoms with Crippen LogP contribution in [-0.4, -0.2) is 170 Å². The summed E-state index contributed by atoms with van der Waals surface area (Å²) in [5.74, 6) is 5.28. The molecule has 0 saturated carbocycles. The maximum atomic E-state index is 5.47. The van der Waals surface area contributed by atoms with Crippen LogP contribution in [0.2, 0.25) is 0 Å². The van der Waals surface area contributed by atoms with Gasteiger partial charge in [0, 0.05) is 67.4 Å². The minimum atomic E-state index is 0.0929. The summed E-state index contributed by atoms with van der Waals surface area (Å²) in [5.41, 5.74) is 11.1. The third kappa shape index (κ3) is 12.7. The van der Waals surface area contributed by atoms with E-state index < -0.39 is 0 Å². The summed E-state index contributed by atoms with van der Waals surface area (Å²) in [7, 11) is 12.9. The predicted molar refractivity (Wildman–Crippen MR) is 304 cm³/mol. The van der Waals surface area contributed by atoms with Crippen LogP contribution in [-0.2, 0) is 18.9 Å². The van der Waals surface area contributed by atoms with Crippen LogP contribution in [0.3, 0.4) is 0 Å². The van der Waals surface area contributed by atoms with E-state index in [-0.39, 0.29) is 18.1 Å². The summed E-state index contributed by atoms with van der Waals surface area (Å²) in [6, 6.07) is 11.0. The third-order valence-corrected chi connectivity index (χ3v) is 14.3. The molecule has 0 bridgehead atoms. The van der Waals surface area contributed by atoms with Crippen molar-refractivity contribution in [3.8, 4) is 11.4 Å². The van der Waals surface area contributed by atoms with Gasteiger partial charge in [-0.1, -0.05) is 54.1 Å². The molecule has 7 heterocycles. The molecule has 1 aliphatic heterocycles. The van der Waals surface area contributed by atoms with E-state index in [1.165, 1.54) is 16.7 Å². The number of nitrogens with zero attached hydrogens (tertiary/aromatic N) is 18. The standard InChI is InChI=1S/C20H28N6O.C19H26N6O2.C16H26N6O2/c1-8-16(11-27-7)26-20-17(23-24-26)19(21-15(5)22-20)25(6)18-13(3)9-12(2)10-14(18)4;1-7-14(11-26-5)24(4)18-17-19(21-13(3)20-18)25(23-22-17)16-9-8-15(27-6)10-12(16)2;1-5-12(10-23-4)22-16-14(19-20-22)15(17-11(2)18-16)21(3)13-6-8-24-9-7-13/h9-10,16H,8,11H2,1-7H3;8-10,14H,7,11H2,1-6H3;12-13H,5-10H2,1-4H3. The van der Waals surface area contributed by atoms with E-state index in [0.29, 0.717) is 54.2 Å². The lowest BCUT2D eigenvalue weighted by molar-refractivity contribution is 0.0854. The molecule has 3 atom stereocenters. The first kappa shape index (κ1) is 58.6. The minimum absolute atomic E-state index is 0.0929. The van der Waals surface area contributed by atoms with Gasteiger partial charge < -0.3 is 38.4 Å². The van der Waals surface area contributed by atoms with E-state index in [0.717, 1.165) is 108 Å². The first-order valence-corrected chi connectivity index (χ1v) is 26.8. The molecule has 3 unspecified atom stereocenters. The number of ether oxygens (including phenoxy) is 5. The number of benzene rings is 2. The van der Waals surface area contributed by atoms with Crippen molar-refractivity contribution < 1.29 is 23.7 Å². The number of hydrogen-bond acceptors (Lipinski definition) is 20. The van der Waals surface area contributed by atoms with Gasteiger partial charge in [0.1, 0.15) is 23.2 Å². The zero-order valence-electron chi connectivity index (χ0n) is 48.9. The Morgan fingerprint density at radius 1 is 0.577 bits per heavy atom. The monoisotopic (exact) mass is 1070 g/mol. The van der Waals surface area contributed by atoms with Gasteiger partial charge in [-0.05, 0) is 115 Å². The third-order valence-electron chi connectivity index (χ3n) is 14.3. The van der Waals surface area contributed by atoms with Gasteiger partial charge in [0.25, 0.3) is 0 Å². The molecular weight excluding hydrogens is 993 g/mol. The van der Waals surface area contributed by atoms with E-state index in [4.69, 9.17) is 28.7 Å². The number of fused-ring (bicyclic) bond motifs is 3. The molecule has 0 spiro atoms. The molecule has 1 fully saturated rings. The molecule has 78 heavy (non-hydrogen) atoms. The van der Waals surface area contributed by atoms with Gasteiger partial charge in [-0.3, -0.25) is 0 Å². The fourth-order valence-corrected chi connectivity index (χ4v) is 10.2. The number of aromatic nitrogens is 15. The molecule has 23 heteroatoms. The summed E-state index contributed by atoms with van der Waals surface area (Å²) < 4.78 is 32.3. The fourth-order valence-electron chi connectivity index (χ4n) is 10.2. The van der Waals surface area contributed by atoms with E-state index in [9.17, 15) is 0 Å². The highest BCUT2D eigenvalue weighted by Gasteiger charge is 2.27. The van der Waals surface area contributed by atoms with Crippen LogP contribution < -0.4 is 19.4 Å². The van der Waals surface area contributed by atoms with Crippen molar-refractivity contribution in [3.63, 3.8) is 0 Å². The Bertz CT molecular complexity index is 3240.